The average molecular weight is 288 g/mol. The van der Waals surface area contributed by atoms with Crippen LogP contribution in [0, 0.1) is 0 Å². The summed E-state index contributed by atoms with van der Waals surface area (Å²) in [6, 6.07) is 8.96. The molecular formula is C18H28N2O. The fourth-order valence-electron chi connectivity index (χ4n) is 2.77. The Balaban J connectivity index is 2.00. The molecule has 0 saturated carbocycles. The molecule has 1 aliphatic rings. The Hall–Kier alpha value is -1.51. The predicted molar refractivity (Wildman–Crippen MR) is 88.8 cm³/mol. The third-order valence-electron chi connectivity index (χ3n) is 4.83. The third kappa shape index (κ3) is 3.58. The van der Waals surface area contributed by atoms with Crippen LogP contribution in [-0.2, 0) is 10.2 Å². The van der Waals surface area contributed by atoms with E-state index < -0.39 is 0 Å². The predicted octanol–water partition coefficient (Wildman–Crippen LogP) is 3.43. The second-order valence-corrected chi connectivity index (χ2v) is 6.51. The van der Waals surface area contributed by atoms with Gasteiger partial charge in [0, 0.05) is 38.3 Å². The molecule has 1 amide bonds. The monoisotopic (exact) mass is 288 g/mol. The Bertz CT molecular complexity index is 470. The van der Waals surface area contributed by atoms with Crippen LogP contribution in [-0.4, -0.2) is 37.0 Å². The van der Waals surface area contributed by atoms with Crippen molar-refractivity contribution in [1.29, 1.82) is 0 Å². The van der Waals surface area contributed by atoms with Crippen molar-refractivity contribution in [2.45, 2.75) is 46.0 Å². The lowest BCUT2D eigenvalue weighted by Crippen LogP contribution is -2.48. The molecule has 1 heterocycles. The summed E-state index contributed by atoms with van der Waals surface area (Å²) in [6.07, 6.45) is 1.75. The van der Waals surface area contributed by atoms with Gasteiger partial charge in [0.25, 0.3) is 0 Å². The Labute approximate surface area is 128 Å². The van der Waals surface area contributed by atoms with Gasteiger partial charge in [-0.05, 0) is 29.5 Å². The summed E-state index contributed by atoms with van der Waals surface area (Å²) >= 11 is 0. The number of anilines is 1. The van der Waals surface area contributed by atoms with Gasteiger partial charge in [-0.3, -0.25) is 4.79 Å². The summed E-state index contributed by atoms with van der Waals surface area (Å²) in [7, 11) is 0. The summed E-state index contributed by atoms with van der Waals surface area (Å²) in [5.74, 6) is 0.273. The molecule has 0 aromatic heterocycles. The van der Waals surface area contributed by atoms with Gasteiger partial charge in [-0.15, -0.1) is 0 Å². The third-order valence-corrected chi connectivity index (χ3v) is 4.83. The van der Waals surface area contributed by atoms with E-state index in [-0.39, 0.29) is 11.3 Å². The first-order chi connectivity index (χ1) is 9.97. The molecular weight excluding hydrogens is 260 g/mol. The van der Waals surface area contributed by atoms with E-state index in [1.54, 1.807) is 0 Å². The second kappa shape index (κ2) is 6.50. The van der Waals surface area contributed by atoms with Gasteiger partial charge >= 0.3 is 0 Å². The molecule has 0 N–H and O–H groups in total. The molecule has 0 aliphatic carbocycles. The second-order valence-electron chi connectivity index (χ2n) is 6.51. The highest BCUT2D eigenvalue weighted by molar-refractivity contribution is 5.76. The van der Waals surface area contributed by atoms with Crippen molar-refractivity contribution in [1.82, 2.24) is 4.90 Å². The van der Waals surface area contributed by atoms with Gasteiger partial charge in [-0.1, -0.05) is 39.8 Å². The topological polar surface area (TPSA) is 23.6 Å². The smallest absolute Gasteiger partial charge is 0.222 e. The molecule has 0 atom stereocenters. The van der Waals surface area contributed by atoms with Gasteiger partial charge < -0.3 is 9.80 Å². The van der Waals surface area contributed by atoms with E-state index in [0.29, 0.717) is 6.42 Å². The van der Waals surface area contributed by atoms with Crippen LogP contribution < -0.4 is 4.90 Å². The van der Waals surface area contributed by atoms with Crippen molar-refractivity contribution < 1.29 is 4.79 Å². The van der Waals surface area contributed by atoms with Crippen LogP contribution >= 0.6 is 0 Å². The highest BCUT2D eigenvalue weighted by Crippen LogP contribution is 2.28. The van der Waals surface area contributed by atoms with E-state index in [1.807, 2.05) is 11.8 Å². The van der Waals surface area contributed by atoms with E-state index in [0.717, 1.165) is 32.6 Å². The molecule has 21 heavy (non-hydrogen) atoms. The number of carbonyl (C=O) groups excluding carboxylic acids is 1. The number of piperazine rings is 1. The molecule has 1 saturated heterocycles. The normalized spacial score (nSPS) is 16.2. The van der Waals surface area contributed by atoms with E-state index in [2.05, 4.69) is 49.9 Å². The molecule has 1 aromatic carbocycles. The maximum atomic E-state index is 11.7. The van der Waals surface area contributed by atoms with E-state index in [9.17, 15) is 4.79 Å². The summed E-state index contributed by atoms with van der Waals surface area (Å²) in [4.78, 5) is 16.1. The van der Waals surface area contributed by atoms with Crippen LogP contribution in [0.1, 0.15) is 46.1 Å². The molecule has 0 spiro atoms. The van der Waals surface area contributed by atoms with Crippen molar-refractivity contribution in [2.24, 2.45) is 0 Å². The van der Waals surface area contributed by atoms with E-state index in [1.165, 1.54) is 11.3 Å². The molecule has 116 valence electrons. The largest absolute Gasteiger partial charge is 0.368 e. The zero-order valence-corrected chi connectivity index (χ0v) is 13.9. The number of carbonyl (C=O) groups is 1. The first kappa shape index (κ1) is 15.9. The lowest BCUT2D eigenvalue weighted by atomic mass is 9.82. The number of hydrogen-bond donors (Lipinski definition) is 0. The minimum Gasteiger partial charge on any atom is -0.368 e. The van der Waals surface area contributed by atoms with E-state index >= 15 is 0 Å². The van der Waals surface area contributed by atoms with Crippen LogP contribution in [0.4, 0.5) is 5.69 Å². The maximum absolute atomic E-state index is 11.7. The minimum atomic E-state index is 0.241. The Morgan fingerprint density at radius 1 is 1.05 bits per heavy atom. The van der Waals surface area contributed by atoms with E-state index in [4.69, 9.17) is 0 Å². The highest BCUT2D eigenvalue weighted by Gasteiger charge is 2.21. The number of hydrogen-bond acceptors (Lipinski definition) is 2. The standard InChI is InChI=1S/C18H28N2O/c1-5-17(21)20-13-11-19(12-14-20)16-9-7-15(8-10-16)18(3,4)6-2/h7-10H,5-6,11-14H2,1-4H3. The molecule has 0 bridgehead atoms. The molecule has 0 radical (unpaired) electrons. The molecule has 1 aromatic rings. The quantitative estimate of drug-likeness (QED) is 0.847. The Kier molecular flexibility index (Phi) is 4.92. The van der Waals surface area contributed by atoms with Gasteiger partial charge in [0.1, 0.15) is 0 Å². The summed E-state index contributed by atoms with van der Waals surface area (Å²) in [6.45, 7) is 12.3. The molecule has 1 fully saturated rings. The number of rotatable bonds is 4. The highest BCUT2D eigenvalue weighted by atomic mass is 16.2. The molecule has 3 heteroatoms. The van der Waals surface area contributed by atoms with Crippen LogP contribution in [0.3, 0.4) is 0 Å². The lowest BCUT2D eigenvalue weighted by molar-refractivity contribution is -0.131. The molecule has 3 nitrogen and oxygen atoms in total. The van der Waals surface area contributed by atoms with Crippen molar-refractivity contribution >= 4 is 11.6 Å². The summed E-state index contributed by atoms with van der Waals surface area (Å²) in [5, 5.41) is 0. The van der Waals surface area contributed by atoms with Crippen molar-refractivity contribution in [2.75, 3.05) is 31.1 Å². The molecule has 1 aliphatic heterocycles. The van der Waals surface area contributed by atoms with Crippen LogP contribution in [0.15, 0.2) is 24.3 Å². The Morgan fingerprint density at radius 3 is 2.10 bits per heavy atom. The van der Waals surface area contributed by atoms with Gasteiger partial charge in [0.2, 0.25) is 5.91 Å². The van der Waals surface area contributed by atoms with Crippen molar-refractivity contribution in [3.8, 4) is 0 Å². The number of benzene rings is 1. The molecule has 0 unspecified atom stereocenters. The zero-order chi connectivity index (χ0) is 15.5. The summed E-state index contributed by atoms with van der Waals surface area (Å²) < 4.78 is 0. The maximum Gasteiger partial charge on any atom is 0.222 e. The number of amides is 1. The lowest BCUT2D eigenvalue weighted by Gasteiger charge is -2.36. The minimum absolute atomic E-state index is 0.241. The first-order valence-electron chi connectivity index (χ1n) is 8.11. The van der Waals surface area contributed by atoms with Gasteiger partial charge in [0.05, 0.1) is 0 Å². The van der Waals surface area contributed by atoms with Crippen LogP contribution in [0.2, 0.25) is 0 Å². The van der Waals surface area contributed by atoms with Crippen LogP contribution in [0.25, 0.3) is 0 Å². The van der Waals surface area contributed by atoms with Crippen LogP contribution in [0.5, 0.6) is 0 Å². The first-order valence-corrected chi connectivity index (χ1v) is 8.11. The number of nitrogens with zero attached hydrogens (tertiary/aromatic N) is 2. The van der Waals surface area contributed by atoms with Gasteiger partial charge in [-0.2, -0.15) is 0 Å². The average Bonchev–Trinajstić information content (AvgIpc) is 2.54. The van der Waals surface area contributed by atoms with Gasteiger partial charge in [0.15, 0.2) is 0 Å². The zero-order valence-electron chi connectivity index (χ0n) is 13.9. The fourth-order valence-corrected chi connectivity index (χ4v) is 2.77. The van der Waals surface area contributed by atoms with Crippen molar-refractivity contribution in [3.63, 3.8) is 0 Å². The summed E-state index contributed by atoms with van der Waals surface area (Å²) in [5.41, 5.74) is 2.91. The SMILES string of the molecule is CCC(=O)N1CCN(c2ccc(C(C)(C)CC)cc2)CC1. The Morgan fingerprint density at radius 2 is 1.62 bits per heavy atom. The van der Waals surface area contributed by atoms with Gasteiger partial charge in [-0.25, -0.2) is 0 Å². The fraction of sp³-hybridized carbons (Fsp3) is 0.611. The van der Waals surface area contributed by atoms with Crippen molar-refractivity contribution in [3.05, 3.63) is 29.8 Å². The molecule has 2 rings (SSSR count).